The minimum atomic E-state index is -4.48. The number of hydrogen-bond donors (Lipinski definition) is 1. The molecule has 0 aromatic heterocycles. The third-order valence-corrected chi connectivity index (χ3v) is 5.67. The number of carbonyl (C=O) groups is 2. The van der Waals surface area contributed by atoms with Crippen LogP contribution in [-0.2, 0) is 26.9 Å². The Balaban J connectivity index is 1.79. The fourth-order valence-corrected chi connectivity index (χ4v) is 4.00. The Morgan fingerprint density at radius 3 is 2.53 bits per heavy atom. The highest BCUT2D eigenvalue weighted by Gasteiger charge is 2.41. The lowest BCUT2D eigenvalue weighted by molar-refractivity contribution is -0.137. The van der Waals surface area contributed by atoms with Gasteiger partial charge in [0, 0.05) is 39.3 Å². The summed E-state index contributed by atoms with van der Waals surface area (Å²) < 4.78 is 44.7. The van der Waals surface area contributed by atoms with E-state index in [4.69, 9.17) is 4.74 Å². The SMILES string of the molecule is COCCCNC(=O)C1CN(C(=O)Cc2ccccc2)CC1c1cccc(C(F)(F)F)c1. The van der Waals surface area contributed by atoms with E-state index in [1.165, 1.54) is 6.07 Å². The maximum absolute atomic E-state index is 13.2. The van der Waals surface area contributed by atoms with E-state index in [1.54, 1.807) is 18.1 Å². The molecular weight excluding hydrogens is 421 g/mol. The third-order valence-electron chi connectivity index (χ3n) is 5.67. The molecule has 1 aliphatic heterocycles. The van der Waals surface area contributed by atoms with Crippen molar-refractivity contribution in [1.29, 1.82) is 0 Å². The van der Waals surface area contributed by atoms with Crippen LogP contribution in [0.15, 0.2) is 54.6 Å². The van der Waals surface area contributed by atoms with Crippen LogP contribution in [0.4, 0.5) is 13.2 Å². The van der Waals surface area contributed by atoms with Gasteiger partial charge in [0.1, 0.15) is 0 Å². The topological polar surface area (TPSA) is 58.6 Å². The van der Waals surface area contributed by atoms with Crippen molar-refractivity contribution in [3.63, 3.8) is 0 Å². The number of amides is 2. The maximum atomic E-state index is 13.2. The molecule has 3 rings (SSSR count). The number of ether oxygens (including phenoxy) is 1. The molecule has 1 aliphatic rings. The molecule has 1 N–H and O–H groups in total. The molecule has 2 amide bonds. The van der Waals surface area contributed by atoms with Crippen molar-refractivity contribution in [3.05, 3.63) is 71.3 Å². The normalized spacial score (nSPS) is 18.6. The van der Waals surface area contributed by atoms with Crippen LogP contribution in [0.3, 0.4) is 0 Å². The fraction of sp³-hybridized carbons (Fsp3) is 0.417. The number of halogens is 3. The number of hydrogen-bond acceptors (Lipinski definition) is 3. The second-order valence-electron chi connectivity index (χ2n) is 7.93. The second kappa shape index (κ2) is 10.6. The molecule has 0 saturated carbocycles. The van der Waals surface area contributed by atoms with Crippen LogP contribution in [0.2, 0.25) is 0 Å². The smallest absolute Gasteiger partial charge is 0.385 e. The van der Waals surface area contributed by atoms with Crippen LogP contribution in [0.1, 0.15) is 29.0 Å². The zero-order valence-corrected chi connectivity index (χ0v) is 17.9. The zero-order chi connectivity index (χ0) is 23.1. The van der Waals surface area contributed by atoms with Gasteiger partial charge in [0.15, 0.2) is 0 Å². The number of likely N-dealkylation sites (tertiary alicyclic amines) is 1. The van der Waals surface area contributed by atoms with Gasteiger partial charge < -0.3 is 15.0 Å². The molecule has 2 aromatic carbocycles. The summed E-state index contributed by atoms with van der Waals surface area (Å²) >= 11 is 0. The van der Waals surface area contributed by atoms with Gasteiger partial charge in [0.25, 0.3) is 0 Å². The van der Waals surface area contributed by atoms with Crippen LogP contribution in [0.25, 0.3) is 0 Å². The molecule has 2 aromatic rings. The average molecular weight is 448 g/mol. The first kappa shape index (κ1) is 23.8. The Morgan fingerprint density at radius 2 is 1.84 bits per heavy atom. The Kier molecular flexibility index (Phi) is 7.90. The van der Waals surface area contributed by atoms with Crippen molar-refractivity contribution in [1.82, 2.24) is 10.2 Å². The highest BCUT2D eigenvalue weighted by molar-refractivity contribution is 5.84. The van der Waals surface area contributed by atoms with E-state index in [1.807, 2.05) is 30.3 Å². The Morgan fingerprint density at radius 1 is 1.09 bits per heavy atom. The van der Waals surface area contributed by atoms with Gasteiger partial charge in [-0.2, -0.15) is 13.2 Å². The summed E-state index contributed by atoms with van der Waals surface area (Å²) in [6.07, 6.45) is -3.67. The standard InChI is InChI=1S/C24H27F3N2O3/c1-32-12-6-11-28-23(31)21-16-29(22(30)13-17-7-3-2-4-8-17)15-20(21)18-9-5-10-19(14-18)24(25,26)27/h2-5,7-10,14,20-21H,6,11-13,15-16H2,1H3,(H,28,31). The average Bonchev–Trinajstić information content (AvgIpc) is 3.23. The Labute approximate surface area is 185 Å². The molecule has 8 heteroatoms. The van der Waals surface area contributed by atoms with Gasteiger partial charge in [-0.05, 0) is 23.6 Å². The van der Waals surface area contributed by atoms with Crippen molar-refractivity contribution in [2.24, 2.45) is 5.92 Å². The van der Waals surface area contributed by atoms with Gasteiger partial charge in [-0.15, -0.1) is 0 Å². The zero-order valence-electron chi connectivity index (χ0n) is 17.9. The predicted molar refractivity (Wildman–Crippen MR) is 114 cm³/mol. The molecular formula is C24H27F3N2O3. The van der Waals surface area contributed by atoms with Crippen LogP contribution in [0, 0.1) is 5.92 Å². The van der Waals surface area contributed by atoms with Crippen molar-refractivity contribution in [2.45, 2.75) is 24.9 Å². The Hall–Kier alpha value is -2.87. The number of methoxy groups -OCH3 is 1. The number of nitrogens with one attached hydrogen (secondary N) is 1. The van der Waals surface area contributed by atoms with Crippen molar-refractivity contribution < 1.29 is 27.5 Å². The summed E-state index contributed by atoms with van der Waals surface area (Å²) in [6, 6.07) is 14.3. The van der Waals surface area contributed by atoms with E-state index < -0.39 is 23.6 Å². The number of carbonyl (C=O) groups excluding carboxylic acids is 2. The molecule has 1 heterocycles. The van der Waals surface area contributed by atoms with E-state index in [-0.39, 0.29) is 31.3 Å². The highest BCUT2D eigenvalue weighted by atomic mass is 19.4. The number of benzene rings is 2. The van der Waals surface area contributed by atoms with Gasteiger partial charge in [0.2, 0.25) is 11.8 Å². The van der Waals surface area contributed by atoms with Gasteiger partial charge in [-0.25, -0.2) is 0 Å². The maximum Gasteiger partial charge on any atom is 0.416 e. The van der Waals surface area contributed by atoms with Gasteiger partial charge >= 0.3 is 6.18 Å². The number of rotatable bonds is 8. The Bertz CT molecular complexity index is 918. The lowest BCUT2D eigenvalue weighted by Gasteiger charge is -2.19. The van der Waals surface area contributed by atoms with Gasteiger partial charge in [0.05, 0.1) is 17.9 Å². The molecule has 0 spiro atoms. The molecule has 0 aliphatic carbocycles. The predicted octanol–water partition coefficient (Wildman–Crippen LogP) is 3.64. The second-order valence-corrected chi connectivity index (χ2v) is 7.93. The molecule has 172 valence electrons. The molecule has 0 bridgehead atoms. The minimum Gasteiger partial charge on any atom is -0.385 e. The molecule has 1 fully saturated rings. The van der Waals surface area contributed by atoms with E-state index >= 15 is 0 Å². The van der Waals surface area contributed by atoms with Crippen LogP contribution >= 0.6 is 0 Å². The third kappa shape index (κ3) is 6.09. The lowest BCUT2D eigenvalue weighted by atomic mass is 9.87. The van der Waals surface area contributed by atoms with E-state index in [0.717, 1.165) is 17.7 Å². The van der Waals surface area contributed by atoms with Crippen molar-refractivity contribution in [2.75, 3.05) is 33.4 Å². The van der Waals surface area contributed by atoms with Gasteiger partial charge in [-0.1, -0.05) is 48.5 Å². The van der Waals surface area contributed by atoms with Crippen LogP contribution in [-0.4, -0.2) is 50.1 Å². The lowest BCUT2D eigenvalue weighted by Crippen LogP contribution is -2.36. The fourth-order valence-electron chi connectivity index (χ4n) is 4.00. The largest absolute Gasteiger partial charge is 0.416 e. The summed E-state index contributed by atoms with van der Waals surface area (Å²) in [4.78, 5) is 27.4. The van der Waals surface area contributed by atoms with Gasteiger partial charge in [-0.3, -0.25) is 9.59 Å². The molecule has 5 nitrogen and oxygen atoms in total. The van der Waals surface area contributed by atoms with Crippen LogP contribution in [0.5, 0.6) is 0 Å². The summed E-state index contributed by atoms with van der Waals surface area (Å²) in [5, 5.41) is 2.83. The summed E-state index contributed by atoms with van der Waals surface area (Å²) in [5.41, 5.74) is 0.496. The monoisotopic (exact) mass is 448 g/mol. The van der Waals surface area contributed by atoms with E-state index in [0.29, 0.717) is 25.1 Å². The molecule has 0 radical (unpaired) electrons. The molecule has 2 unspecified atom stereocenters. The first-order valence-electron chi connectivity index (χ1n) is 10.5. The number of alkyl halides is 3. The van der Waals surface area contributed by atoms with E-state index in [9.17, 15) is 22.8 Å². The molecule has 32 heavy (non-hydrogen) atoms. The van der Waals surface area contributed by atoms with E-state index in [2.05, 4.69) is 5.32 Å². The minimum absolute atomic E-state index is 0.150. The van der Waals surface area contributed by atoms with Crippen molar-refractivity contribution >= 4 is 11.8 Å². The number of nitrogens with zero attached hydrogens (tertiary/aromatic N) is 1. The van der Waals surface area contributed by atoms with Crippen LogP contribution < -0.4 is 5.32 Å². The molecule has 1 saturated heterocycles. The first-order valence-corrected chi connectivity index (χ1v) is 10.5. The molecule has 2 atom stereocenters. The first-order chi connectivity index (χ1) is 15.3. The summed E-state index contributed by atoms with van der Waals surface area (Å²) in [7, 11) is 1.57. The highest BCUT2D eigenvalue weighted by Crippen LogP contribution is 2.36. The summed E-state index contributed by atoms with van der Waals surface area (Å²) in [6.45, 7) is 1.26. The summed E-state index contributed by atoms with van der Waals surface area (Å²) in [5.74, 6) is -1.55. The quantitative estimate of drug-likeness (QED) is 0.628. The van der Waals surface area contributed by atoms with Crippen molar-refractivity contribution in [3.8, 4) is 0 Å².